The SMILES string of the molecule is Cc1ccnc(SSC(Cl)(Cl)C(Cl)Cl)n1. The molecule has 0 N–H and O–H groups in total. The zero-order valence-electron chi connectivity index (χ0n) is 7.45. The fraction of sp³-hybridized carbons (Fsp3) is 0.429. The molecule has 0 unspecified atom stereocenters. The highest BCUT2D eigenvalue weighted by molar-refractivity contribution is 8.77. The molecule has 0 aliphatic carbocycles. The maximum Gasteiger partial charge on any atom is 0.203 e. The molecule has 0 radical (unpaired) electrons. The number of rotatable bonds is 4. The topological polar surface area (TPSA) is 25.8 Å². The van der Waals surface area contributed by atoms with Crippen molar-refractivity contribution in [3.05, 3.63) is 18.0 Å². The van der Waals surface area contributed by atoms with Gasteiger partial charge in [0.05, 0.1) is 0 Å². The Bertz CT molecular complexity index is 335. The Balaban J connectivity index is 2.57. The van der Waals surface area contributed by atoms with Gasteiger partial charge in [0, 0.05) is 11.9 Å². The Kier molecular flexibility index (Phi) is 5.63. The van der Waals surface area contributed by atoms with Gasteiger partial charge in [0.25, 0.3) is 0 Å². The number of nitrogens with zero attached hydrogens (tertiary/aromatic N) is 2. The molecule has 8 heteroatoms. The normalized spacial score (nSPS) is 12.1. The van der Waals surface area contributed by atoms with E-state index in [1.807, 2.05) is 6.92 Å². The van der Waals surface area contributed by atoms with Crippen LogP contribution in [0, 0.1) is 6.92 Å². The second-order valence-electron chi connectivity index (χ2n) is 2.51. The molecule has 0 fully saturated rings. The molecule has 1 rings (SSSR count). The molecule has 15 heavy (non-hydrogen) atoms. The maximum atomic E-state index is 5.85. The summed E-state index contributed by atoms with van der Waals surface area (Å²) >= 11 is 22.9. The quantitative estimate of drug-likeness (QED) is 0.464. The predicted molar refractivity (Wildman–Crippen MR) is 70.1 cm³/mol. The minimum Gasteiger partial charge on any atom is -0.230 e. The van der Waals surface area contributed by atoms with Crippen LogP contribution in [0.15, 0.2) is 17.4 Å². The highest BCUT2D eigenvalue weighted by atomic mass is 35.5. The molecule has 0 aliphatic heterocycles. The first kappa shape index (κ1) is 14.0. The summed E-state index contributed by atoms with van der Waals surface area (Å²) < 4.78 is -1.28. The van der Waals surface area contributed by atoms with Crippen molar-refractivity contribution in [3.8, 4) is 0 Å². The van der Waals surface area contributed by atoms with Crippen molar-refractivity contribution in [2.75, 3.05) is 0 Å². The third-order valence-corrected chi connectivity index (χ3v) is 6.44. The van der Waals surface area contributed by atoms with E-state index in [-0.39, 0.29) is 0 Å². The molecule has 0 aliphatic rings. The predicted octanol–water partition coefficient (Wildman–Crippen LogP) is 4.46. The Morgan fingerprint density at radius 2 is 2.07 bits per heavy atom. The lowest BCUT2D eigenvalue weighted by Crippen LogP contribution is -2.15. The average Bonchev–Trinajstić information content (AvgIpc) is 2.15. The lowest BCUT2D eigenvalue weighted by Gasteiger charge is -2.17. The van der Waals surface area contributed by atoms with Crippen LogP contribution in [0.25, 0.3) is 0 Å². The van der Waals surface area contributed by atoms with Crippen LogP contribution < -0.4 is 0 Å². The summed E-state index contributed by atoms with van der Waals surface area (Å²) in [5.41, 5.74) is 0.871. The lowest BCUT2D eigenvalue weighted by molar-refractivity contribution is 0.937. The number of aryl methyl sites for hydroxylation is 1. The summed E-state index contributed by atoms with van der Waals surface area (Å²) in [4.78, 5) is 7.31. The van der Waals surface area contributed by atoms with E-state index < -0.39 is 8.50 Å². The van der Waals surface area contributed by atoms with Gasteiger partial charge in [-0.3, -0.25) is 0 Å². The van der Waals surface area contributed by atoms with Crippen molar-refractivity contribution in [2.24, 2.45) is 0 Å². The smallest absolute Gasteiger partial charge is 0.203 e. The van der Waals surface area contributed by atoms with Gasteiger partial charge in [0.2, 0.25) is 3.67 Å². The first-order valence-corrected chi connectivity index (χ1v) is 7.51. The van der Waals surface area contributed by atoms with E-state index in [9.17, 15) is 0 Å². The van der Waals surface area contributed by atoms with Crippen molar-refractivity contribution < 1.29 is 0 Å². The van der Waals surface area contributed by atoms with Crippen molar-refractivity contribution in [1.82, 2.24) is 9.97 Å². The van der Waals surface area contributed by atoms with E-state index in [2.05, 4.69) is 9.97 Å². The lowest BCUT2D eigenvalue weighted by atomic mass is 10.5. The summed E-state index contributed by atoms with van der Waals surface area (Å²) in [5.74, 6) is 0. The van der Waals surface area contributed by atoms with Gasteiger partial charge in [-0.15, -0.1) is 23.2 Å². The summed E-state index contributed by atoms with van der Waals surface area (Å²) in [6.07, 6.45) is 1.66. The van der Waals surface area contributed by atoms with Gasteiger partial charge in [0.15, 0.2) is 9.99 Å². The fourth-order valence-corrected chi connectivity index (χ4v) is 3.38. The summed E-state index contributed by atoms with van der Waals surface area (Å²) in [5, 5.41) is 0.569. The number of alkyl halides is 4. The van der Waals surface area contributed by atoms with Gasteiger partial charge < -0.3 is 0 Å². The summed E-state index contributed by atoms with van der Waals surface area (Å²) in [6.45, 7) is 1.87. The Morgan fingerprint density at radius 1 is 1.40 bits per heavy atom. The molecule has 1 aromatic heterocycles. The average molecular weight is 324 g/mol. The molecule has 0 amide bonds. The van der Waals surface area contributed by atoms with Crippen LogP contribution in [0.2, 0.25) is 0 Å². The number of aromatic nitrogens is 2. The zero-order valence-corrected chi connectivity index (χ0v) is 12.1. The van der Waals surface area contributed by atoms with Crippen molar-refractivity contribution in [1.29, 1.82) is 0 Å². The number of halogens is 4. The molecule has 84 valence electrons. The monoisotopic (exact) mass is 322 g/mol. The van der Waals surface area contributed by atoms with Gasteiger partial charge in [-0.05, 0) is 34.6 Å². The van der Waals surface area contributed by atoms with Gasteiger partial charge >= 0.3 is 0 Å². The molecule has 0 atom stereocenters. The van der Waals surface area contributed by atoms with E-state index >= 15 is 0 Å². The van der Waals surface area contributed by atoms with Gasteiger partial charge in [-0.1, -0.05) is 23.2 Å². The largest absolute Gasteiger partial charge is 0.230 e. The van der Waals surface area contributed by atoms with Crippen molar-refractivity contribution in [2.45, 2.75) is 20.6 Å². The minimum absolute atomic E-state index is 0.569. The molecule has 0 bridgehead atoms. The third kappa shape index (κ3) is 4.75. The first-order chi connectivity index (χ1) is 6.92. The van der Waals surface area contributed by atoms with Crippen LogP contribution in [0.1, 0.15) is 5.69 Å². The van der Waals surface area contributed by atoms with Crippen LogP contribution >= 0.6 is 68.0 Å². The fourth-order valence-electron chi connectivity index (χ4n) is 0.595. The first-order valence-electron chi connectivity index (χ1n) is 3.73. The van der Waals surface area contributed by atoms with E-state index in [0.29, 0.717) is 5.16 Å². The Labute approximate surface area is 116 Å². The number of hydrogen-bond acceptors (Lipinski definition) is 4. The van der Waals surface area contributed by atoms with E-state index in [0.717, 1.165) is 16.5 Å². The molecule has 0 saturated heterocycles. The number of hydrogen-bond donors (Lipinski definition) is 0. The highest BCUT2D eigenvalue weighted by Crippen LogP contribution is 2.50. The molecule has 1 heterocycles. The second-order valence-corrected chi connectivity index (χ2v) is 7.78. The van der Waals surface area contributed by atoms with E-state index in [1.165, 1.54) is 10.8 Å². The highest BCUT2D eigenvalue weighted by Gasteiger charge is 2.34. The second kappa shape index (κ2) is 6.03. The van der Waals surface area contributed by atoms with Gasteiger partial charge in [-0.25, -0.2) is 9.97 Å². The van der Waals surface area contributed by atoms with Gasteiger partial charge in [-0.2, -0.15) is 0 Å². The molecule has 0 spiro atoms. The van der Waals surface area contributed by atoms with Crippen molar-refractivity contribution >= 4 is 68.0 Å². The summed E-state index contributed by atoms with van der Waals surface area (Å²) in [6, 6.07) is 1.80. The van der Waals surface area contributed by atoms with Crippen LogP contribution in [0.3, 0.4) is 0 Å². The molecule has 1 aromatic rings. The molecule has 0 aromatic carbocycles. The molecular weight excluding hydrogens is 318 g/mol. The van der Waals surface area contributed by atoms with Crippen molar-refractivity contribution in [3.63, 3.8) is 0 Å². The van der Waals surface area contributed by atoms with E-state index in [1.54, 1.807) is 12.3 Å². The van der Waals surface area contributed by atoms with Crippen LogP contribution in [0.5, 0.6) is 0 Å². The third-order valence-electron chi connectivity index (χ3n) is 1.25. The zero-order chi connectivity index (χ0) is 11.5. The van der Waals surface area contributed by atoms with Crippen LogP contribution in [-0.2, 0) is 0 Å². The molecule has 0 saturated carbocycles. The van der Waals surface area contributed by atoms with E-state index in [4.69, 9.17) is 46.4 Å². The molecular formula is C7H6Cl4N2S2. The standard InChI is InChI=1S/C7H6Cl4N2S2/c1-4-2-3-12-6(13-4)14-15-7(10,11)5(8)9/h2-3,5H,1H3. The van der Waals surface area contributed by atoms with Crippen LogP contribution in [-0.4, -0.2) is 18.5 Å². The Hall–Kier alpha value is 0.940. The summed E-state index contributed by atoms with van der Waals surface area (Å²) in [7, 11) is 2.34. The van der Waals surface area contributed by atoms with Gasteiger partial charge in [0.1, 0.15) is 0 Å². The minimum atomic E-state index is -1.28. The Morgan fingerprint density at radius 3 is 2.60 bits per heavy atom. The maximum absolute atomic E-state index is 5.85. The molecule has 2 nitrogen and oxygen atoms in total. The van der Waals surface area contributed by atoms with Crippen LogP contribution in [0.4, 0.5) is 0 Å².